The third-order valence-electron chi connectivity index (χ3n) is 2.32. The third kappa shape index (κ3) is 4.32. The highest BCUT2D eigenvalue weighted by atomic mass is 16.5. The molecule has 0 saturated carbocycles. The van der Waals surface area contributed by atoms with E-state index in [9.17, 15) is 9.90 Å². The SMILES string of the molecule is CCC(O)CNC(=O)Nc1ccccc1OC. The first kappa shape index (κ1) is 13.3. The molecule has 1 unspecified atom stereocenters. The second kappa shape index (κ2) is 6.75. The minimum Gasteiger partial charge on any atom is -0.495 e. The van der Waals surface area contributed by atoms with Crippen molar-refractivity contribution in [3.8, 4) is 5.75 Å². The van der Waals surface area contributed by atoms with Gasteiger partial charge in [0.05, 0.1) is 18.9 Å². The number of aliphatic hydroxyl groups excluding tert-OH is 1. The zero-order chi connectivity index (χ0) is 12.7. The fourth-order valence-electron chi connectivity index (χ4n) is 1.27. The van der Waals surface area contributed by atoms with Gasteiger partial charge < -0.3 is 20.5 Å². The lowest BCUT2D eigenvalue weighted by atomic mass is 10.3. The van der Waals surface area contributed by atoms with Crippen LogP contribution in [0.4, 0.5) is 10.5 Å². The minimum atomic E-state index is -0.515. The zero-order valence-electron chi connectivity index (χ0n) is 10.1. The van der Waals surface area contributed by atoms with Crippen LogP contribution in [-0.4, -0.2) is 30.9 Å². The first-order chi connectivity index (χ1) is 8.17. The lowest BCUT2D eigenvalue weighted by Gasteiger charge is -2.12. The summed E-state index contributed by atoms with van der Waals surface area (Å²) < 4.78 is 5.10. The summed E-state index contributed by atoms with van der Waals surface area (Å²) in [6, 6.07) is 6.77. The average Bonchev–Trinajstić information content (AvgIpc) is 2.36. The highest BCUT2D eigenvalue weighted by Gasteiger charge is 2.07. The molecule has 0 aliphatic carbocycles. The van der Waals surface area contributed by atoms with Crippen molar-refractivity contribution >= 4 is 11.7 Å². The third-order valence-corrected chi connectivity index (χ3v) is 2.32. The summed E-state index contributed by atoms with van der Waals surface area (Å²) >= 11 is 0. The highest BCUT2D eigenvalue weighted by molar-refractivity contribution is 5.90. The molecule has 0 heterocycles. The first-order valence-corrected chi connectivity index (χ1v) is 5.53. The molecule has 1 atom stereocenters. The largest absolute Gasteiger partial charge is 0.495 e. The standard InChI is InChI=1S/C12H18N2O3/c1-3-9(15)8-13-12(16)14-10-6-4-5-7-11(10)17-2/h4-7,9,15H,3,8H2,1-2H3,(H2,13,14,16). The van der Waals surface area contributed by atoms with Gasteiger partial charge >= 0.3 is 6.03 Å². The van der Waals surface area contributed by atoms with Crippen LogP contribution in [0.3, 0.4) is 0 Å². The number of rotatable bonds is 5. The van der Waals surface area contributed by atoms with E-state index in [1.165, 1.54) is 0 Å². The van der Waals surface area contributed by atoms with Crippen LogP contribution in [0.1, 0.15) is 13.3 Å². The molecular formula is C12H18N2O3. The van der Waals surface area contributed by atoms with E-state index in [1.54, 1.807) is 25.3 Å². The van der Waals surface area contributed by atoms with Crippen molar-refractivity contribution in [3.63, 3.8) is 0 Å². The number of anilines is 1. The number of aliphatic hydroxyl groups is 1. The summed E-state index contributed by atoms with van der Waals surface area (Å²) in [6.07, 6.45) is 0.0907. The predicted octanol–water partition coefficient (Wildman–Crippen LogP) is 1.59. The number of benzene rings is 1. The van der Waals surface area contributed by atoms with E-state index < -0.39 is 6.10 Å². The normalized spacial score (nSPS) is 11.7. The molecule has 0 fully saturated rings. The Morgan fingerprint density at radius 2 is 2.18 bits per heavy atom. The molecule has 17 heavy (non-hydrogen) atoms. The smallest absolute Gasteiger partial charge is 0.319 e. The number of ether oxygens (including phenoxy) is 1. The Morgan fingerprint density at radius 1 is 1.47 bits per heavy atom. The molecule has 1 aromatic carbocycles. The van der Waals surface area contributed by atoms with Gasteiger partial charge in [-0.1, -0.05) is 19.1 Å². The second-order valence-electron chi connectivity index (χ2n) is 3.60. The molecule has 0 saturated heterocycles. The molecular weight excluding hydrogens is 220 g/mol. The number of amides is 2. The lowest BCUT2D eigenvalue weighted by Crippen LogP contribution is -2.35. The number of urea groups is 1. The monoisotopic (exact) mass is 238 g/mol. The van der Waals surface area contributed by atoms with Crippen molar-refractivity contribution in [1.29, 1.82) is 0 Å². The van der Waals surface area contributed by atoms with E-state index >= 15 is 0 Å². The number of carbonyl (C=O) groups is 1. The maximum atomic E-state index is 11.5. The van der Waals surface area contributed by atoms with Crippen molar-refractivity contribution < 1.29 is 14.6 Å². The Labute approximate surface area is 101 Å². The Morgan fingerprint density at radius 3 is 2.82 bits per heavy atom. The maximum Gasteiger partial charge on any atom is 0.319 e. The van der Waals surface area contributed by atoms with Crippen LogP contribution in [0, 0.1) is 0 Å². The number of carbonyl (C=O) groups excluding carboxylic acids is 1. The Hall–Kier alpha value is -1.75. The Balaban J connectivity index is 2.50. The molecule has 2 amide bonds. The summed E-state index contributed by atoms with van der Waals surface area (Å²) in [5, 5.41) is 14.5. The fourth-order valence-corrected chi connectivity index (χ4v) is 1.27. The van der Waals surface area contributed by atoms with Gasteiger partial charge in [0.15, 0.2) is 0 Å². The van der Waals surface area contributed by atoms with Crippen LogP contribution in [0.2, 0.25) is 0 Å². The molecule has 5 heteroatoms. The van der Waals surface area contributed by atoms with Gasteiger partial charge in [0.1, 0.15) is 5.75 Å². The van der Waals surface area contributed by atoms with E-state index in [2.05, 4.69) is 10.6 Å². The molecule has 5 nitrogen and oxygen atoms in total. The Bertz CT molecular complexity index is 369. The summed E-state index contributed by atoms with van der Waals surface area (Å²) in [5.74, 6) is 0.596. The molecule has 94 valence electrons. The van der Waals surface area contributed by atoms with Crippen molar-refractivity contribution in [2.75, 3.05) is 19.0 Å². The van der Waals surface area contributed by atoms with E-state index in [-0.39, 0.29) is 12.6 Å². The van der Waals surface area contributed by atoms with Gasteiger partial charge in [0, 0.05) is 6.54 Å². The highest BCUT2D eigenvalue weighted by Crippen LogP contribution is 2.22. The quantitative estimate of drug-likeness (QED) is 0.729. The molecule has 3 N–H and O–H groups in total. The molecule has 0 radical (unpaired) electrons. The molecule has 1 rings (SSSR count). The van der Waals surface area contributed by atoms with Crippen molar-refractivity contribution in [3.05, 3.63) is 24.3 Å². The van der Waals surface area contributed by atoms with E-state index in [4.69, 9.17) is 4.74 Å². The summed E-state index contributed by atoms with van der Waals surface area (Å²) in [4.78, 5) is 11.5. The van der Waals surface area contributed by atoms with Gasteiger partial charge in [-0.3, -0.25) is 0 Å². The van der Waals surface area contributed by atoms with E-state index in [1.807, 2.05) is 13.0 Å². The Kier molecular flexibility index (Phi) is 5.29. The molecule has 0 bridgehead atoms. The zero-order valence-corrected chi connectivity index (χ0v) is 10.1. The fraction of sp³-hybridized carbons (Fsp3) is 0.417. The van der Waals surface area contributed by atoms with Crippen LogP contribution in [0.5, 0.6) is 5.75 Å². The number of para-hydroxylation sites is 2. The van der Waals surface area contributed by atoms with Crippen LogP contribution in [0.15, 0.2) is 24.3 Å². The molecule has 0 aliphatic heterocycles. The number of hydrogen-bond donors (Lipinski definition) is 3. The summed E-state index contributed by atoms with van der Waals surface area (Å²) in [7, 11) is 1.54. The average molecular weight is 238 g/mol. The van der Waals surface area contributed by atoms with Crippen molar-refractivity contribution in [2.45, 2.75) is 19.4 Å². The summed E-state index contributed by atoms with van der Waals surface area (Å²) in [6.45, 7) is 2.09. The van der Waals surface area contributed by atoms with Crippen LogP contribution in [-0.2, 0) is 0 Å². The molecule has 1 aromatic rings. The molecule has 0 aromatic heterocycles. The van der Waals surface area contributed by atoms with Gasteiger partial charge in [-0.2, -0.15) is 0 Å². The van der Waals surface area contributed by atoms with Crippen LogP contribution < -0.4 is 15.4 Å². The summed E-state index contributed by atoms with van der Waals surface area (Å²) in [5.41, 5.74) is 0.596. The number of methoxy groups -OCH3 is 1. The van der Waals surface area contributed by atoms with Crippen LogP contribution >= 0.6 is 0 Å². The van der Waals surface area contributed by atoms with Gasteiger partial charge in [0.25, 0.3) is 0 Å². The van der Waals surface area contributed by atoms with Crippen LogP contribution in [0.25, 0.3) is 0 Å². The van der Waals surface area contributed by atoms with Crippen molar-refractivity contribution in [2.24, 2.45) is 0 Å². The van der Waals surface area contributed by atoms with Crippen molar-refractivity contribution in [1.82, 2.24) is 5.32 Å². The molecule has 0 spiro atoms. The topological polar surface area (TPSA) is 70.6 Å². The minimum absolute atomic E-state index is 0.234. The van der Waals surface area contributed by atoms with E-state index in [0.29, 0.717) is 17.9 Å². The molecule has 0 aliphatic rings. The predicted molar refractivity (Wildman–Crippen MR) is 66.3 cm³/mol. The van der Waals surface area contributed by atoms with Gasteiger partial charge in [-0.15, -0.1) is 0 Å². The second-order valence-corrected chi connectivity index (χ2v) is 3.60. The lowest BCUT2D eigenvalue weighted by molar-refractivity contribution is 0.168. The number of hydrogen-bond acceptors (Lipinski definition) is 3. The number of nitrogens with one attached hydrogen (secondary N) is 2. The first-order valence-electron chi connectivity index (χ1n) is 5.53. The van der Waals surface area contributed by atoms with E-state index in [0.717, 1.165) is 0 Å². The van der Waals surface area contributed by atoms with Gasteiger partial charge in [0.2, 0.25) is 0 Å². The van der Waals surface area contributed by atoms with Gasteiger partial charge in [-0.05, 0) is 18.6 Å². The van der Waals surface area contributed by atoms with Gasteiger partial charge in [-0.25, -0.2) is 4.79 Å². The maximum absolute atomic E-state index is 11.5.